The van der Waals surface area contributed by atoms with Crippen molar-refractivity contribution >= 4 is 5.70 Å². The van der Waals surface area contributed by atoms with E-state index in [1.165, 1.54) is 16.8 Å². The minimum absolute atomic E-state index is 0.0278. The van der Waals surface area contributed by atoms with E-state index in [0.29, 0.717) is 11.8 Å². The van der Waals surface area contributed by atoms with Crippen LogP contribution in [0.1, 0.15) is 47.0 Å². The highest BCUT2D eigenvalue weighted by Crippen LogP contribution is 2.39. The van der Waals surface area contributed by atoms with Crippen LogP contribution in [0.4, 0.5) is 0 Å². The van der Waals surface area contributed by atoms with Crippen molar-refractivity contribution in [3.63, 3.8) is 0 Å². The van der Waals surface area contributed by atoms with Gasteiger partial charge in [-0.05, 0) is 42.2 Å². The van der Waals surface area contributed by atoms with Crippen LogP contribution in [0.3, 0.4) is 0 Å². The first-order valence-corrected chi connectivity index (χ1v) is 9.91. The molecule has 1 aliphatic carbocycles. The zero-order valence-electron chi connectivity index (χ0n) is 16.8. The topological polar surface area (TPSA) is 41.6 Å². The first kappa shape index (κ1) is 19.2. The summed E-state index contributed by atoms with van der Waals surface area (Å²) < 4.78 is 2.24. The number of nitriles is 1. The fourth-order valence-electron chi connectivity index (χ4n) is 3.94. The molecule has 1 aliphatic rings. The first-order valence-electron chi connectivity index (χ1n) is 9.91. The zero-order chi connectivity index (χ0) is 19.4. The molecule has 0 saturated carbocycles. The molecular formula is C24H29N3. The summed E-state index contributed by atoms with van der Waals surface area (Å²) in [5.41, 5.74) is 5.05. The fourth-order valence-corrected chi connectivity index (χ4v) is 3.94. The maximum absolute atomic E-state index is 9.61. The molecule has 3 nitrogen and oxygen atoms in total. The minimum Gasteiger partial charge on any atom is -0.300 e. The van der Waals surface area contributed by atoms with Crippen molar-refractivity contribution in [1.82, 2.24) is 9.55 Å². The normalized spacial score (nSPS) is 17.4. The number of hydrogen-bond donors (Lipinski definition) is 0. The summed E-state index contributed by atoms with van der Waals surface area (Å²) in [6, 6.07) is 12.8. The number of nitrogens with zero attached hydrogens (tertiary/aromatic N) is 3. The Hall–Kier alpha value is -2.60. The quantitative estimate of drug-likeness (QED) is 0.605. The number of benzene rings is 1. The van der Waals surface area contributed by atoms with Crippen molar-refractivity contribution in [2.24, 2.45) is 17.8 Å². The lowest BCUT2D eigenvalue weighted by molar-refractivity contribution is 0.593. The highest BCUT2D eigenvalue weighted by molar-refractivity contribution is 5.74. The van der Waals surface area contributed by atoms with Gasteiger partial charge in [-0.25, -0.2) is 4.98 Å². The minimum atomic E-state index is -0.0278. The van der Waals surface area contributed by atoms with E-state index < -0.39 is 0 Å². The molecule has 2 aromatic rings. The molecule has 140 valence electrons. The molecular weight excluding hydrogens is 330 g/mol. The molecule has 1 aromatic heterocycles. The molecule has 0 radical (unpaired) electrons. The Balaban J connectivity index is 2.16. The molecule has 3 heteroatoms. The third-order valence-electron chi connectivity index (χ3n) is 4.87. The first-order chi connectivity index (χ1) is 13.0. The number of allylic oxidation sites excluding steroid dienone is 4. The van der Waals surface area contributed by atoms with Crippen LogP contribution in [0, 0.1) is 29.1 Å². The lowest BCUT2D eigenvalue weighted by Gasteiger charge is -2.28. The van der Waals surface area contributed by atoms with Gasteiger partial charge in [0, 0.05) is 23.7 Å². The summed E-state index contributed by atoms with van der Waals surface area (Å²) in [6.45, 7) is 8.97. The number of hydrogen-bond acceptors (Lipinski definition) is 2. The average Bonchev–Trinajstić information content (AvgIpc) is 3.10. The van der Waals surface area contributed by atoms with Crippen LogP contribution in [0.25, 0.3) is 17.1 Å². The molecule has 0 saturated heterocycles. The van der Waals surface area contributed by atoms with E-state index in [9.17, 15) is 5.26 Å². The molecule has 1 atom stereocenters. The van der Waals surface area contributed by atoms with Gasteiger partial charge in [-0.3, -0.25) is 4.57 Å². The van der Waals surface area contributed by atoms with Crippen molar-refractivity contribution in [3.8, 4) is 17.5 Å². The van der Waals surface area contributed by atoms with Gasteiger partial charge in [-0.1, -0.05) is 64.1 Å². The second-order valence-electron chi connectivity index (χ2n) is 8.27. The lowest BCUT2D eigenvalue weighted by atomic mass is 9.82. The van der Waals surface area contributed by atoms with Gasteiger partial charge >= 0.3 is 0 Å². The summed E-state index contributed by atoms with van der Waals surface area (Å²) in [5, 5.41) is 9.61. The fraction of sp³-hybridized carbons (Fsp3) is 0.417. The van der Waals surface area contributed by atoms with Crippen molar-refractivity contribution in [3.05, 3.63) is 59.9 Å². The highest BCUT2D eigenvalue weighted by Gasteiger charge is 2.26. The molecule has 0 amide bonds. The number of aromatic nitrogens is 2. The zero-order valence-corrected chi connectivity index (χ0v) is 16.8. The SMILES string of the molecule is CC(C)CC1=CC(C#N)CC(CC(C)C)=C1n1ccnc1-c1ccccc1. The predicted molar refractivity (Wildman–Crippen MR) is 112 cm³/mol. The van der Waals surface area contributed by atoms with E-state index in [-0.39, 0.29) is 5.92 Å². The molecule has 1 aromatic carbocycles. The molecule has 27 heavy (non-hydrogen) atoms. The highest BCUT2D eigenvalue weighted by atomic mass is 15.1. The maximum Gasteiger partial charge on any atom is 0.144 e. The maximum atomic E-state index is 9.61. The van der Waals surface area contributed by atoms with Crippen LogP contribution in [0.5, 0.6) is 0 Å². The van der Waals surface area contributed by atoms with Crippen LogP contribution in [0.2, 0.25) is 0 Å². The van der Waals surface area contributed by atoms with Gasteiger partial charge in [0.1, 0.15) is 5.82 Å². The molecule has 3 rings (SSSR count). The summed E-state index contributed by atoms with van der Waals surface area (Å²) in [6.07, 6.45) is 8.94. The van der Waals surface area contributed by atoms with Crippen molar-refractivity contribution in [2.75, 3.05) is 0 Å². The number of rotatable bonds is 6. The second-order valence-corrected chi connectivity index (χ2v) is 8.27. The van der Waals surface area contributed by atoms with E-state index in [0.717, 1.165) is 30.7 Å². The molecule has 1 unspecified atom stereocenters. The van der Waals surface area contributed by atoms with Crippen LogP contribution < -0.4 is 0 Å². The predicted octanol–water partition coefficient (Wildman–Crippen LogP) is 6.32. The van der Waals surface area contributed by atoms with E-state index in [2.05, 4.69) is 79.9 Å². The molecule has 0 fully saturated rings. The van der Waals surface area contributed by atoms with Gasteiger partial charge < -0.3 is 0 Å². The summed E-state index contributed by atoms with van der Waals surface area (Å²) >= 11 is 0. The van der Waals surface area contributed by atoms with E-state index in [1.807, 2.05) is 12.3 Å². The third-order valence-corrected chi connectivity index (χ3v) is 4.87. The summed E-state index contributed by atoms with van der Waals surface area (Å²) in [5.74, 6) is 2.03. The van der Waals surface area contributed by atoms with E-state index in [4.69, 9.17) is 0 Å². The molecule has 1 heterocycles. The molecule has 0 spiro atoms. The third kappa shape index (κ3) is 4.39. The Kier molecular flexibility index (Phi) is 5.96. The smallest absolute Gasteiger partial charge is 0.144 e. The van der Waals surface area contributed by atoms with Crippen molar-refractivity contribution < 1.29 is 0 Å². The van der Waals surface area contributed by atoms with Gasteiger partial charge in [0.2, 0.25) is 0 Å². The van der Waals surface area contributed by atoms with Crippen molar-refractivity contribution in [1.29, 1.82) is 5.26 Å². The molecule has 0 bridgehead atoms. The van der Waals surface area contributed by atoms with Gasteiger partial charge in [0.25, 0.3) is 0 Å². The lowest BCUT2D eigenvalue weighted by Crippen LogP contribution is -2.15. The van der Waals surface area contributed by atoms with Crippen molar-refractivity contribution in [2.45, 2.75) is 47.0 Å². The van der Waals surface area contributed by atoms with Gasteiger partial charge in [-0.15, -0.1) is 0 Å². The van der Waals surface area contributed by atoms with E-state index >= 15 is 0 Å². The monoisotopic (exact) mass is 359 g/mol. The van der Waals surface area contributed by atoms with Crippen LogP contribution in [-0.2, 0) is 0 Å². The molecule has 0 N–H and O–H groups in total. The van der Waals surface area contributed by atoms with Crippen LogP contribution in [-0.4, -0.2) is 9.55 Å². The standard InChI is InChI=1S/C24H29N3/c1-17(2)12-21-14-19(16-25)15-22(13-18(3)4)23(21)27-11-10-26-24(27)20-8-6-5-7-9-20/h5-11,14,17-19H,12-13,15H2,1-4H3. The van der Waals surface area contributed by atoms with Gasteiger partial charge in [0.05, 0.1) is 12.0 Å². The Bertz CT molecular complexity index is 876. The van der Waals surface area contributed by atoms with E-state index in [1.54, 1.807) is 0 Å². The number of imidazole rings is 1. The Morgan fingerprint density at radius 3 is 2.44 bits per heavy atom. The Morgan fingerprint density at radius 2 is 1.81 bits per heavy atom. The largest absolute Gasteiger partial charge is 0.300 e. The Labute approximate surface area is 163 Å². The van der Waals surface area contributed by atoms with Gasteiger partial charge in [0.15, 0.2) is 0 Å². The van der Waals surface area contributed by atoms with Crippen LogP contribution >= 0.6 is 0 Å². The second kappa shape index (κ2) is 8.39. The van der Waals surface area contributed by atoms with Gasteiger partial charge in [-0.2, -0.15) is 5.26 Å². The average molecular weight is 360 g/mol. The summed E-state index contributed by atoms with van der Waals surface area (Å²) in [4.78, 5) is 4.66. The Morgan fingerprint density at radius 1 is 1.11 bits per heavy atom. The summed E-state index contributed by atoms with van der Waals surface area (Å²) in [7, 11) is 0. The molecule has 0 aliphatic heterocycles. The van der Waals surface area contributed by atoms with Crippen LogP contribution in [0.15, 0.2) is 59.9 Å².